The minimum Gasteiger partial charge on any atom is -0.282 e. The zero-order valence-electron chi connectivity index (χ0n) is 21.3. The van der Waals surface area contributed by atoms with Gasteiger partial charge in [-0.15, -0.1) is 7.53 Å². The van der Waals surface area contributed by atoms with Crippen molar-refractivity contribution < 1.29 is 0 Å². The highest BCUT2D eigenvalue weighted by atomic mass is 31.1. The SMILES string of the molecule is Cc1[nH]nc(-c2cc(-c3ccccc3)cc(-c3cccc4c5ccccc5p(C)c34)n2)c1-c1ccccc1. The quantitative estimate of drug-likeness (QED) is 0.258. The van der Waals surface area contributed by atoms with E-state index < -0.39 is 7.53 Å². The number of nitrogens with zero attached hydrogens (tertiary/aromatic N) is 2. The average Bonchev–Trinajstić information content (AvgIpc) is 3.51. The Morgan fingerprint density at radius 3 is 2.08 bits per heavy atom. The maximum atomic E-state index is 5.30. The number of rotatable bonds is 4. The molecule has 3 aromatic heterocycles. The summed E-state index contributed by atoms with van der Waals surface area (Å²) in [4.78, 5) is 5.30. The number of aromatic amines is 1. The van der Waals surface area contributed by atoms with Gasteiger partial charge < -0.3 is 0 Å². The number of H-pyrrole nitrogens is 1. The van der Waals surface area contributed by atoms with E-state index in [1.807, 2.05) is 6.07 Å². The van der Waals surface area contributed by atoms with Gasteiger partial charge in [-0.05, 0) is 53.2 Å². The number of pyridine rings is 1. The van der Waals surface area contributed by atoms with Crippen LogP contribution >= 0.6 is 7.53 Å². The van der Waals surface area contributed by atoms with Gasteiger partial charge in [-0.25, -0.2) is 4.98 Å². The summed E-state index contributed by atoms with van der Waals surface area (Å²) in [6, 6.07) is 40.9. The maximum Gasteiger partial charge on any atom is 0.119 e. The van der Waals surface area contributed by atoms with E-state index >= 15 is 0 Å². The van der Waals surface area contributed by atoms with E-state index in [4.69, 9.17) is 10.1 Å². The molecule has 0 bridgehead atoms. The van der Waals surface area contributed by atoms with Crippen LogP contribution < -0.4 is 0 Å². The summed E-state index contributed by atoms with van der Waals surface area (Å²) in [6.07, 6.45) is 0. The summed E-state index contributed by atoms with van der Waals surface area (Å²) in [5.74, 6) is 0. The first-order valence-electron chi connectivity index (χ1n) is 12.8. The molecule has 0 aliphatic carbocycles. The number of fused-ring (bicyclic) bond motifs is 3. The lowest BCUT2D eigenvalue weighted by molar-refractivity contribution is 1.05. The van der Waals surface area contributed by atoms with Crippen LogP contribution in [-0.4, -0.2) is 15.2 Å². The van der Waals surface area contributed by atoms with Crippen LogP contribution in [0.4, 0.5) is 0 Å². The van der Waals surface area contributed by atoms with Gasteiger partial charge in [0.05, 0.1) is 11.4 Å². The molecule has 3 heterocycles. The van der Waals surface area contributed by atoms with Gasteiger partial charge in [0.25, 0.3) is 0 Å². The fraction of sp³-hybridized carbons (Fsp3) is 0.0588. The highest BCUT2D eigenvalue weighted by Crippen LogP contribution is 2.50. The standard InChI is InChI=1S/C34H26N3P/c1-22-32(24-14-7-4-8-15-24)33(37-36-22)30-21-25(23-12-5-3-6-13-23)20-29(35-30)28-18-11-17-27-26-16-9-10-19-31(26)38(2)34(27)28/h3-21H,1-2H3,(H,36,37). The van der Waals surface area contributed by atoms with Crippen LogP contribution in [0.15, 0.2) is 115 Å². The Morgan fingerprint density at radius 2 is 1.29 bits per heavy atom. The lowest BCUT2D eigenvalue weighted by atomic mass is 9.97. The minimum atomic E-state index is -0.469. The van der Waals surface area contributed by atoms with Crippen molar-refractivity contribution in [3.05, 3.63) is 121 Å². The molecule has 7 rings (SSSR count). The topological polar surface area (TPSA) is 41.6 Å². The van der Waals surface area contributed by atoms with E-state index in [1.54, 1.807) is 0 Å². The Morgan fingerprint density at radius 1 is 0.632 bits per heavy atom. The first-order valence-corrected chi connectivity index (χ1v) is 14.6. The van der Waals surface area contributed by atoms with Crippen LogP contribution in [0.2, 0.25) is 0 Å². The van der Waals surface area contributed by atoms with Crippen molar-refractivity contribution in [3.63, 3.8) is 0 Å². The highest BCUT2D eigenvalue weighted by Gasteiger charge is 2.19. The molecule has 4 heteroatoms. The molecule has 1 atom stereocenters. The first kappa shape index (κ1) is 22.7. The second kappa shape index (κ2) is 9.13. The molecule has 0 spiro atoms. The Balaban J connectivity index is 1.52. The van der Waals surface area contributed by atoms with Crippen molar-refractivity contribution in [2.24, 2.45) is 6.66 Å². The van der Waals surface area contributed by atoms with Gasteiger partial charge in [-0.3, -0.25) is 5.10 Å². The molecule has 0 saturated carbocycles. The summed E-state index contributed by atoms with van der Waals surface area (Å²) >= 11 is 0. The predicted octanol–water partition coefficient (Wildman–Crippen LogP) is 9.61. The number of aryl methyl sites for hydroxylation is 2. The molecule has 4 aromatic carbocycles. The summed E-state index contributed by atoms with van der Waals surface area (Å²) < 4.78 is 0. The number of nitrogens with one attached hydrogen (secondary N) is 1. The number of hydrogen-bond acceptors (Lipinski definition) is 2. The van der Waals surface area contributed by atoms with Gasteiger partial charge in [0, 0.05) is 27.1 Å². The third-order valence-electron chi connectivity index (χ3n) is 7.39. The lowest BCUT2D eigenvalue weighted by Gasteiger charge is -2.12. The van der Waals surface area contributed by atoms with Crippen LogP contribution in [0.3, 0.4) is 0 Å². The van der Waals surface area contributed by atoms with Gasteiger partial charge in [-0.1, -0.05) is 103 Å². The molecule has 7 aromatic rings. The van der Waals surface area contributed by atoms with Gasteiger partial charge in [0.2, 0.25) is 0 Å². The van der Waals surface area contributed by atoms with E-state index in [0.29, 0.717) is 0 Å². The van der Waals surface area contributed by atoms with Crippen molar-refractivity contribution in [2.45, 2.75) is 6.92 Å². The van der Waals surface area contributed by atoms with Gasteiger partial charge in [0.15, 0.2) is 0 Å². The largest absolute Gasteiger partial charge is 0.282 e. The molecule has 3 nitrogen and oxygen atoms in total. The number of hydrogen-bond donors (Lipinski definition) is 1. The molecule has 0 aliphatic heterocycles. The summed E-state index contributed by atoms with van der Waals surface area (Å²) in [5, 5.41) is 13.5. The first-order chi connectivity index (χ1) is 18.7. The van der Waals surface area contributed by atoms with E-state index in [-0.39, 0.29) is 0 Å². The van der Waals surface area contributed by atoms with Gasteiger partial charge >= 0.3 is 0 Å². The monoisotopic (exact) mass is 507 g/mol. The zero-order valence-corrected chi connectivity index (χ0v) is 22.2. The van der Waals surface area contributed by atoms with E-state index in [0.717, 1.165) is 39.5 Å². The van der Waals surface area contributed by atoms with E-state index in [2.05, 4.69) is 128 Å². The second-order valence-corrected chi connectivity index (χ2v) is 11.8. The molecule has 1 N–H and O–H groups in total. The summed E-state index contributed by atoms with van der Waals surface area (Å²) in [5.41, 5.74) is 9.51. The van der Waals surface area contributed by atoms with Crippen molar-refractivity contribution in [1.82, 2.24) is 15.2 Å². The van der Waals surface area contributed by atoms with E-state index in [1.165, 1.54) is 32.1 Å². The number of benzene rings is 4. The van der Waals surface area contributed by atoms with Crippen LogP contribution in [0, 0.1) is 6.92 Å². The van der Waals surface area contributed by atoms with Crippen molar-refractivity contribution in [1.29, 1.82) is 0 Å². The number of aromatic nitrogens is 3. The smallest absolute Gasteiger partial charge is 0.119 e. The van der Waals surface area contributed by atoms with Gasteiger partial charge in [-0.2, -0.15) is 5.10 Å². The van der Waals surface area contributed by atoms with Crippen LogP contribution in [0.5, 0.6) is 0 Å². The molecule has 0 aliphatic rings. The van der Waals surface area contributed by atoms with E-state index in [9.17, 15) is 0 Å². The third-order valence-corrected chi connectivity index (χ3v) is 9.65. The average molecular weight is 508 g/mol. The second-order valence-electron chi connectivity index (χ2n) is 9.71. The van der Waals surface area contributed by atoms with Crippen LogP contribution in [0.1, 0.15) is 5.69 Å². The fourth-order valence-corrected chi connectivity index (χ4v) is 7.82. The molecule has 0 saturated heterocycles. The summed E-state index contributed by atoms with van der Waals surface area (Å²) in [7, 11) is -0.469. The lowest BCUT2D eigenvalue weighted by Crippen LogP contribution is -1.93. The predicted molar refractivity (Wildman–Crippen MR) is 162 cm³/mol. The fourth-order valence-electron chi connectivity index (χ4n) is 5.60. The minimum absolute atomic E-state index is 0.469. The molecule has 0 radical (unpaired) electrons. The Kier molecular flexibility index (Phi) is 5.46. The van der Waals surface area contributed by atoms with Crippen LogP contribution in [-0.2, 0) is 6.66 Å². The molecule has 0 fully saturated rings. The maximum absolute atomic E-state index is 5.30. The van der Waals surface area contributed by atoms with Crippen molar-refractivity contribution in [3.8, 4) is 44.9 Å². The molecule has 1 unspecified atom stereocenters. The molecule has 0 amide bonds. The van der Waals surface area contributed by atoms with Gasteiger partial charge in [0.1, 0.15) is 5.69 Å². The normalized spacial score (nSPS) is 11.9. The molecular formula is C34H26N3P. The Hall–Kier alpha value is -4.46. The molecule has 182 valence electrons. The van der Waals surface area contributed by atoms with Crippen molar-refractivity contribution >= 4 is 28.5 Å². The highest BCUT2D eigenvalue weighted by molar-refractivity contribution is 7.60. The summed E-state index contributed by atoms with van der Waals surface area (Å²) in [6.45, 7) is 4.45. The van der Waals surface area contributed by atoms with Crippen molar-refractivity contribution in [2.75, 3.05) is 0 Å². The van der Waals surface area contributed by atoms with Crippen LogP contribution in [0.25, 0.3) is 65.9 Å². The Bertz CT molecular complexity index is 1930. The zero-order chi connectivity index (χ0) is 25.6. The molecule has 38 heavy (non-hydrogen) atoms. The molecular weight excluding hydrogens is 481 g/mol. The third kappa shape index (κ3) is 3.67. The Labute approximate surface area is 222 Å².